The molecule has 3 aromatic carbocycles. The Kier molecular flexibility index (Phi) is 7.47. The van der Waals surface area contributed by atoms with Crippen LogP contribution >= 0.6 is 11.8 Å². The van der Waals surface area contributed by atoms with E-state index in [1.54, 1.807) is 6.21 Å². The molecule has 0 saturated carbocycles. The molecule has 5 heteroatoms. The minimum atomic E-state index is -0.134. The van der Waals surface area contributed by atoms with Gasteiger partial charge in [0.2, 0.25) is 5.91 Å². The van der Waals surface area contributed by atoms with Crippen LogP contribution in [-0.2, 0) is 11.4 Å². The van der Waals surface area contributed by atoms with Crippen molar-refractivity contribution in [3.63, 3.8) is 0 Å². The van der Waals surface area contributed by atoms with Gasteiger partial charge in [-0.1, -0.05) is 47.5 Å². The van der Waals surface area contributed by atoms with E-state index >= 15 is 0 Å². The normalized spacial score (nSPS) is 10.8. The molecule has 1 N–H and O–H groups in total. The first-order valence-electron chi connectivity index (χ1n) is 9.38. The minimum absolute atomic E-state index is 0.134. The van der Waals surface area contributed by atoms with Crippen LogP contribution in [0, 0.1) is 13.8 Å². The lowest BCUT2D eigenvalue weighted by Gasteiger charge is -2.07. The summed E-state index contributed by atoms with van der Waals surface area (Å²) in [6, 6.07) is 24.0. The molecule has 4 nitrogen and oxygen atoms in total. The first-order chi connectivity index (χ1) is 14.1. The van der Waals surface area contributed by atoms with Gasteiger partial charge < -0.3 is 4.74 Å². The molecule has 0 aliphatic heterocycles. The molecule has 1 amide bonds. The molecule has 3 rings (SSSR count). The van der Waals surface area contributed by atoms with Gasteiger partial charge in [0.1, 0.15) is 12.4 Å². The zero-order valence-electron chi connectivity index (χ0n) is 16.6. The van der Waals surface area contributed by atoms with Gasteiger partial charge in [-0.3, -0.25) is 4.79 Å². The van der Waals surface area contributed by atoms with Crippen LogP contribution in [0.5, 0.6) is 5.75 Å². The Morgan fingerprint density at radius 1 is 0.931 bits per heavy atom. The number of ether oxygens (including phenoxy) is 1. The number of thioether (sulfide) groups is 1. The smallest absolute Gasteiger partial charge is 0.250 e. The van der Waals surface area contributed by atoms with E-state index in [9.17, 15) is 4.79 Å². The number of benzene rings is 3. The number of carbonyl (C=O) groups excluding carboxylic acids is 1. The molecule has 0 aromatic heterocycles. The van der Waals surface area contributed by atoms with Crippen LogP contribution in [0.3, 0.4) is 0 Å². The molecule has 0 aliphatic rings. The fourth-order valence-corrected chi connectivity index (χ4v) is 3.19. The average molecular weight is 405 g/mol. The Morgan fingerprint density at radius 2 is 1.55 bits per heavy atom. The van der Waals surface area contributed by atoms with E-state index in [1.807, 2.05) is 55.5 Å². The number of hydrazone groups is 1. The maximum absolute atomic E-state index is 11.9. The van der Waals surface area contributed by atoms with Crippen LogP contribution < -0.4 is 10.2 Å². The van der Waals surface area contributed by atoms with Gasteiger partial charge in [-0.25, -0.2) is 5.43 Å². The predicted molar refractivity (Wildman–Crippen MR) is 120 cm³/mol. The van der Waals surface area contributed by atoms with Crippen molar-refractivity contribution >= 4 is 23.9 Å². The monoisotopic (exact) mass is 404 g/mol. The second-order valence-electron chi connectivity index (χ2n) is 6.74. The molecule has 0 spiro atoms. The highest BCUT2D eigenvalue weighted by atomic mass is 32.2. The van der Waals surface area contributed by atoms with Crippen LogP contribution in [-0.4, -0.2) is 17.9 Å². The van der Waals surface area contributed by atoms with E-state index in [2.05, 4.69) is 41.7 Å². The van der Waals surface area contributed by atoms with E-state index in [1.165, 1.54) is 22.9 Å². The van der Waals surface area contributed by atoms with E-state index in [0.29, 0.717) is 12.4 Å². The summed E-state index contributed by atoms with van der Waals surface area (Å²) < 4.78 is 5.79. The van der Waals surface area contributed by atoms with Crippen molar-refractivity contribution in [2.24, 2.45) is 5.10 Å². The van der Waals surface area contributed by atoms with Gasteiger partial charge in [0.15, 0.2) is 0 Å². The maximum Gasteiger partial charge on any atom is 0.250 e. The second-order valence-corrected chi connectivity index (χ2v) is 7.79. The molecular formula is C24H24N2O2S. The van der Waals surface area contributed by atoms with Gasteiger partial charge in [0, 0.05) is 4.90 Å². The van der Waals surface area contributed by atoms with E-state index in [0.717, 1.165) is 21.8 Å². The van der Waals surface area contributed by atoms with Gasteiger partial charge in [-0.15, -0.1) is 11.8 Å². The maximum atomic E-state index is 11.9. The van der Waals surface area contributed by atoms with Crippen molar-refractivity contribution in [1.82, 2.24) is 5.43 Å². The third-order valence-electron chi connectivity index (χ3n) is 4.20. The molecule has 0 unspecified atom stereocenters. The number of carbonyl (C=O) groups is 1. The van der Waals surface area contributed by atoms with Gasteiger partial charge >= 0.3 is 0 Å². The fraction of sp³-hybridized carbons (Fsp3) is 0.167. The van der Waals surface area contributed by atoms with Crippen molar-refractivity contribution in [3.05, 3.63) is 95.1 Å². The number of aryl methyl sites for hydroxylation is 2. The highest BCUT2D eigenvalue weighted by Crippen LogP contribution is 2.18. The van der Waals surface area contributed by atoms with Gasteiger partial charge in [0.25, 0.3) is 0 Å². The summed E-state index contributed by atoms with van der Waals surface area (Å²) in [6.45, 7) is 4.64. The topological polar surface area (TPSA) is 50.7 Å². The Bertz CT molecular complexity index is 950. The lowest BCUT2D eigenvalue weighted by molar-refractivity contribution is -0.118. The zero-order valence-corrected chi connectivity index (χ0v) is 17.4. The third-order valence-corrected chi connectivity index (χ3v) is 5.21. The van der Waals surface area contributed by atoms with Crippen LogP contribution in [0.25, 0.3) is 0 Å². The summed E-state index contributed by atoms with van der Waals surface area (Å²) in [4.78, 5) is 13.0. The van der Waals surface area contributed by atoms with Crippen molar-refractivity contribution in [3.8, 4) is 5.75 Å². The van der Waals surface area contributed by atoms with Crippen LogP contribution in [0.1, 0.15) is 22.3 Å². The summed E-state index contributed by atoms with van der Waals surface area (Å²) >= 11 is 1.49. The summed E-state index contributed by atoms with van der Waals surface area (Å²) in [6.07, 6.45) is 1.62. The molecule has 3 aromatic rings. The second kappa shape index (κ2) is 10.5. The average Bonchev–Trinajstić information content (AvgIpc) is 2.74. The standard InChI is InChI=1S/C24H24N2O2S/c1-18-3-7-21(8-4-18)16-28-22-11-9-20(10-12-22)15-25-26-24(27)17-29-23-13-5-19(2)6-14-23/h3-15H,16-17H2,1-2H3,(H,26,27)/b25-15-. The summed E-state index contributed by atoms with van der Waals surface area (Å²) in [7, 11) is 0. The number of hydrogen-bond donors (Lipinski definition) is 1. The largest absolute Gasteiger partial charge is 0.489 e. The number of hydrogen-bond acceptors (Lipinski definition) is 4. The fourth-order valence-electron chi connectivity index (χ4n) is 2.50. The van der Waals surface area contributed by atoms with Crippen LogP contribution in [0.15, 0.2) is 82.8 Å². The molecule has 0 bridgehead atoms. The zero-order chi connectivity index (χ0) is 20.5. The van der Waals surface area contributed by atoms with Crippen LogP contribution in [0.2, 0.25) is 0 Å². The number of rotatable bonds is 8. The molecule has 0 fully saturated rings. The quantitative estimate of drug-likeness (QED) is 0.322. The minimum Gasteiger partial charge on any atom is -0.489 e. The Labute approximate surface area is 176 Å². The lowest BCUT2D eigenvalue weighted by atomic mass is 10.2. The Hall–Kier alpha value is -3.05. The molecule has 0 radical (unpaired) electrons. The predicted octanol–water partition coefficient (Wildman–Crippen LogP) is 5.12. The van der Waals surface area contributed by atoms with Crippen molar-refractivity contribution in [2.75, 3.05) is 5.75 Å². The van der Waals surface area contributed by atoms with E-state index < -0.39 is 0 Å². The van der Waals surface area contributed by atoms with E-state index in [4.69, 9.17) is 4.74 Å². The SMILES string of the molecule is Cc1ccc(COc2ccc(/C=N\NC(=O)CSc3ccc(C)cc3)cc2)cc1. The number of nitrogens with zero attached hydrogens (tertiary/aromatic N) is 1. The molecular weight excluding hydrogens is 380 g/mol. The van der Waals surface area contributed by atoms with Gasteiger partial charge in [-0.2, -0.15) is 5.10 Å². The highest BCUT2D eigenvalue weighted by molar-refractivity contribution is 8.00. The molecule has 148 valence electrons. The summed E-state index contributed by atoms with van der Waals surface area (Å²) in [5.74, 6) is 0.984. The van der Waals surface area contributed by atoms with Crippen LogP contribution in [0.4, 0.5) is 0 Å². The van der Waals surface area contributed by atoms with Gasteiger partial charge in [-0.05, 0) is 61.4 Å². The van der Waals surface area contributed by atoms with Crippen molar-refractivity contribution in [1.29, 1.82) is 0 Å². The number of amides is 1. The lowest BCUT2D eigenvalue weighted by Crippen LogP contribution is -2.19. The third kappa shape index (κ3) is 7.12. The first-order valence-corrected chi connectivity index (χ1v) is 10.4. The molecule has 0 saturated heterocycles. The Morgan fingerprint density at radius 3 is 2.21 bits per heavy atom. The molecule has 0 atom stereocenters. The van der Waals surface area contributed by atoms with E-state index in [-0.39, 0.29) is 5.91 Å². The number of nitrogens with one attached hydrogen (secondary N) is 1. The first kappa shape index (κ1) is 20.7. The van der Waals surface area contributed by atoms with Crippen molar-refractivity contribution < 1.29 is 9.53 Å². The summed E-state index contributed by atoms with van der Waals surface area (Å²) in [5.41, 5.74) is 7.02. The van der Waals surface area contributed by atoms with Gasteiger partial charge in [0.05, 0.1) is 12.0 Å². The summed E-state index contributed by atoms with van der Waals surface area (Å²) in [5, 5.41) is 4.02. The highest BCUT2D eigenvalue weighted by Gasteiger charge is 2.01. The molecule has 0 heterocycles. The molecule has 0 aliphatic carbocycles. The Balaban J connectivity index is 1.41. The molecule has 29 heavy (non-hydrogen) atoms. The van der Waals surface area contributed by atoms with Crippen molar-refractivity contribution in [2.45, 2.75) is 25.3 Å².